The Kier molecular flexibility index (Phi) is 8.51. The van der Waals surface area contributed by atoms with E-state index in [1.54, 1.807) is 12.4 Å². The van der Waals surface area contributed by atoms with E-state index < -0.39 is 11.6 Å². The first-order valence-electron chi connectivity index (χ1n) is 16.1. The molecule has 6 nitrogen and oxygen atoms in total. The van der Waals surface area contributed by atoms with Crippen LogP contribution in [0.25, 0.3) is 22.2 Å². The lowest BCUT2D eigenvalue weighted by molar-refractivity contribution is 0.0245. The molecule has 0 aliphatic carbocycles. The third-order valence-corrected chi connectivity index (χ3v) is 8.99. The molecule has 3 aromatic carbocycles. The number of aromatic nitrogens is 3. The number of rotatable bonds is 12. The smallest absolute Gasteiger partial charge is 0.360 e. The predicted octanol–water partition coefficient (Wildman–Crippen LogP) is 8.59. The predicted molar refractivity (Wildman–Crippen MR) is 178 cm³/mol. The molecule has 6 rings (SSSR count). The molecule has 226 valence electrons. The third kappa shape index (κ3) is 5.06. The Morgan fingerprint density at radius 3 is 2.23 bits per heavy atom. The second-order valence-electron chi connectivity index (χ2n) is 11.9. The molecule has 1 atom stereocenters. The highest BCUT2D eigenvalue weighted by molar-refractivity contribution is 5.99. The number of para-hydroxylation sites is 1. The van der Waals surface area contributed by atoms with E-state index in [4.69, 9.17) is 9.72 Å². The van der Waals surface area contributed by atoms with Crippen molar-refractivity contribution in [2.45, 2.75) is 64.9 Å². The number of hydrogen-bond donors (Lipinski definition) is 0. The number of hydrogen-bond acceptors (Lipinski definition) is 5. The Hall–Kier alpha value is -4.45. The fourth-order valence-electron chi connectivity index (χ4n) is 6.87. The number of nitrogens with zero attached hydrogens (tertiary/aromatic N) is 4. The molecule has 44 heavy (non-hydrogen) atoms. The maximum absolute atomic E-state index is 13.7. The molecular formula is C38H42N4O2. The summed E-state index contributed by atoms with van der Waals surface area (Å²) in [5.41, 5.74) is 6.70. The first-order chi connectivity index (χ1) is 21.5. The van der Waals surface area contributed by atoms with Gasteiger partial charge in [-0.1, -0.05) is 94.1 Å². The topological polar surface area (TPSA) is 60.2 Å². The number of esters is 1. The highest BCUT2D eigenvalue weighted by atomic mass is 16.6. The highest BCUT2D eigenvalue weighted by Crippen LogP contribution is 2.52. The van der Waals surface area contributed by atoms with Crippen molar-refractivity contribution in [3.05, 3.63) is 113 Å². The molecule has 0 saturated carbocycles. The number of carbonyl (C=O) groups excluding carboxylic acids is 1. The van der Waals surface area contributed by atoms with Crippen molar-refractivity contribution in [1.29, 1.82) is 0 Å². The standard InChI is InChI=1S/C38H42N4O2/c1-5-7-14-24-42(25-15-8-6-2)29-20-21-31(27(3)26-29)38(36-34(37(43)44-38)39-22-23-40-36)33-30-18-12-13-19-32(30)41(4)35(33)28-16-10-9-11-17-28/h9-13,16-23,26H,5-8,14-15,24-25H2,1-4H3. The lowest BCUT2D eigenvalue weighted by atomic mass is 9.78. The summed E-state index contributed by atoms with van der Waals surface area (Å²) in [5.74, 6) is -0.454. The zero-order valence-electron chi connectivity index (χ0n) is 26.3. The molecule has 0 N–H and O–H groups in total. The lowest BCUT2D eigenvalue weighted by Crippen LogP contribution is -2.32. The number of unbranched alkanes of at least 4 members (excludes halogenated alkanes) is 4. The van der Waals surface area contributed by atoms with Crippen LogP contribution in [0.1, 0.15) is 85.2 Å². The summed E-state index contributed by atoms with van der Waals surface area (Å²) in [6.45, 7) is 8.70. The average Bonchev–Trinajstić information content (AvgIpc) is 3.52. The van der Waals surface area contributed by atoms with Crippen molar-refractivity contribution in [2.75, 3.05) is 18.0 Å². The quantitative estimate of drug-likeness (QED) is 0.108. The summed E-state index contributed by atoms with van der Waals surface area (Å²) >= 11 is 0. The minimum Gasteiger partial charge on any atom is -0.438 e. The Labute approximate surface area is 260 Å². The van der Waals surface area contributed by atoms with Gasteiger partial charge in [-0.15, -0.1) is 0 Å². The Morgan fingerprint density at radius 1 is 0.841 bits per heavy atom. The number of cyclic esters (lactones) is 1. The zero-order valence-corrected chi connectivity index (χ0v) is 26.3. The third-order valence-electron chi connectivity index (χ3n) is 8.99. The van der Waals surface area contributed by atoms with Gasteiger partial charge in [0.25, 0.3) is 0 Å². The average molecular weight is 587 g/mol. The number of ether oxygens (including phenoxy) is 1. The van der Waals surface area contributed by atoms with Crippen molar-refractivity contribution >= 4 is 22.6 Å². The Balaban J connectivity index is 1.60. The van der Waals surface area contributed by atoms with E-state index in [9.17, 15) is 4.79 Å². The zero-order chi connectivity index (χ0) is 30.7. The fraction of sp³-hybridized carbons (Fsp3) is 0.342. The van der Waals surface area contributed by atoms with Crippen LogP contribution in [-0.2, 0) is 17.4 Å². The molecule has 1 aliphatic rings. The van der Waals surface area contributed by atoms with E-state index in [2.05, 4.69) is 84.7 Å². The highest BCUT2D eigenvalue weighted by Gasteiger charge is 2.54. The van der Waals surface area contributed by atoms with Gasteiger partial charge in [0.05, 0.1) is 5.69 Å². The van der Waals surface area contributed by atoms with Gasteiger partial charge in [0.1, 0.15) is 5.69 Å². The van der Waals surface area contributed by atoms with Crippen LogP contribution in [0.3, 0.4) is 0 Å². The van der Waals surface area contributed by atoms with E-state index in [1.165, 1.54) is 44.2 Å². The first-order valence-corrected chi connectivity index (χ1v) is 16.1. The summed E-state index contributed by atoms with van der Waals surface area (Å²) in [7, 11) is 2.08. The second-order valence-corrected chi connectivity index (χ2v) is 11.9. The SMILES string of the molecule is CCCCCN(CCCCC)c1ccc(C2(c3c(-c4ccccc4)n(C)c4ccccc34)OC(=O)c3nccnc32)c(C)c1. The van der Waals surface area contributed by atoms with Gasteiger partial charge < -0.3 is 14.2 Å². The van der Waals surface area contributed by atoms with Crippen LogP contribution in [-0.4, -0.2) is 33.6 Å². The van der Waals surface area contributed by atoms with Crippen LogP contribution >= 0.6 is 0 Å². The number of carbonyl (C=O) groups is 1. The van der Waals surface area contributed by atoms with Gasteiger partial charge in [-0.2, -0.15) is 0 Å². The summed E-state index contributed by atoms with van der Waals surface area (Å²) < 4.78 is 8.83. The van der Waals surface area contributed by atoms with Gasteiger partial charge in [0, 0.05) is 60.2 Å². The van der Waals surface area contributed by atoms with Crippen molar-refractivity contribution in [1.82, 2.24) is 14.5 Å². The summed E-state index contributed by atoms with van der Waals surface area (Å²) in [5, 5.41) is 1.02. The molecule has 3 heterocycles. The van der Waals surface area contributed by atoms with E-state index in [1.807, 2.05) is 30.3 Å². The number of anilines is 1. The fourth-order valence-corrected chi connectivity index (χ4v) is 6.87. The maximum Gasteiger partial charge on any atom is 0.360 e. The Morgan fingerprint density at radius 2 is 1.52 bits per heavy atom. The van der Waals surface area contributed by atoms with Gasteiger partial charge in [0.15, 0.2) is 5.69 Å². The molecule has 0 radical (unpaired) electrons. The molecule has 6 heteroatoms. The summed E-state index contributed by atoms with van der Waals surface area (Å²) in [4.78, 5) is 25.5. The number of fused-ring (bicyclic) bond motifs is 2. The summed E-state index contributed by atoms with van der Waals surface area (Å²) in [6.07, 6.45) is 10.4. The molecule has 2 aromatic heterocycles. The van der Waals surface area contributed by atoms with E-state index in [0.29, 0.717) is 5.69 Å². The van der Waals surface area contributed by atoms with E-state index in [-0.39, 0.29) is 5.69 Å². The molecule has 0 amide bonds. The number of aryl methyl sites for hydroxylation is 2. The minimum absolute atomic E-state index is 0.267. The van der Waals surface area contributed by atoms with Crippen LogP contribution in [0.15, 0.2) is 85.2 Å². The minimum atomic E-state index is -1.27. The van der Waals surface area contributed by atoms with Crippen LogP contribution in [0.4, 0.5) is 5.69 Å². The molecule has 1 aliphatic heterocycles. The molecule has 0 saturated heterocycles. The largest absolute Gasteiger partial charge is 0.438 e. The second kappa shape index (κ2) is 12.7. The molecular weight excluding hydrogens is 544 g/mol. The maximum atomic E-state index is 13.7. The van der Waals surface area contributed by atoms with E-state index >= 15 is 0 Å². The molecule has 0 spiro atoms. The molecule has 5 aromatic rings. The van der Waals surface area contributed by atoms with E-state index in [0.717, 1.165) is 51.9 Å². The molecule has 0 fully saturated rings. The monoisotopic (exact) mass is 586 g/mol. The first kappa shape index (κ1) is 29.6. The normalized spacial score (nSPS) is 15.9. The van der Waals surface area contributed by atoms with Gasteiger partial charge in [0.2, 0.25) is 5.60 Å². The lowest BCUT2D eigenvalue weighted by Gasteiger charge is -2.32. The molecule has 1 unspecified atom stereocenters. The van der Waals surface area contributed by atoms with Crippen LogP contribution in [0.2, 0.25) is 0 Å². The van der Waals surface area contributed by atoms with Crippen molar-refractivity contribution < 1.29 is 9.53 Å². The van der Waals surface area contributed by atoms with Crippen molar-refractivity contribution in [3.63, 3.8) is 0 Å². The van der Waals surface area contributed by atoms with Gasteiger partial charge >= 0.3 is 5.97 Å². The summed E-state index contributed by atoms with van der Waals surface area (Å²) in [6, 6.07) is 25.3. The van der Waals surface area contributed by atoms with Crippen LogP contribution in [0.5, 0.6) is 0 Å². The van der Waals surface area contributed by atoms with Gasteiger partial charge in [-0.3, -0.25) is 4.98 Å². The van der Waals surface area contributed by atoms with Crippen LogP contribution < -0.4 is 4.90 Å². The Bertz CT molecular complexity index is 1770. The number of benzene rings is 3. The van der Waals surface area contributed by atoms with Gasteiger partial charge in [-0.25, -0.2) is 9.78 Å². The van der Waals surface area contributed by atoms with Crippen molar-refractivity contribution in [3.8, 4) is 11.3 Å². The van der Waals surface area contributed by atoms with Gasteiger partial charge in [-0.05, 0) is 49.1 Å². The van der Waals surface area contributed by atoms with Crippen molar-refractivity contribution in [2.24, 2.45) is 7.05 Å². The molecule has 0 bridgehead atoms. The van der Waals surface area contributed by atoms with Crippen LogP contribution in [0, 0.1) is 6.92 Å².